The van der Waals surface area contributed by atoms with Gasteiger partial charge in [-0.25, -0.2) is 8.42 Å². The molecular weight excluding hydrogens is 366 g/mol. The normalized spacial score (nSPS) is 19.4. The number of nitrogens with zero attached hydrogens (tertiary/aromatic N) is 1. The summed E-state index contributed by atoms with van der Waals surface area (Å²) in [5.41, 5.74) is 2.10. The lowest BCUT2D eigenvalue weighted by atomic mass is 10.1. The number of sulfone groups is 1. The molecule has 0 aliphatic carbocycles. The topological polar surface area (TPSA) is 70.6 Å². The van der Waals surface area contributed by atoms with E-state index in [1.165, 1.54) is 18.6 Å². The maximum absolute atomic E-state index is 12.8. The van der Waals surface area contributed by atoms with Crippen LogP contribution in [0.5, 0.6) is 0 Å². The summed E-state index contributed by atoms with van der Waals surface area (Å²) in [6, 6.07) is 5.16. The Balaban J connectivity index is 1.98. The Morgan fingerprint density at radius 2 is 2.12 bits per heavy atom. The van der Waals surface area contributed by atoms with Gasteiger partial charge in [0.15, 0.2) is 15.8 Å². The highest BCUT2D eigenvalue weighted by Crippen LogP contribution is 2.25. The van der Waals surface area contributed by atoms with E-state index in [0.29, 0.717) is 22.5 Å². The number of aliphatic imine (C=N–C) groups is 1. The Kier molecular flexibility index (Phi) is 7.83. The van der Waals surface area contributed by atoms with Crippen LogP contribution in [-0.2, 0) is 9.84 Å². The summed E-state index contributed by atoms with van der Waals surface area (Å²) in [4.78, 5) is 4.65. The van der Waals surface area contributed by atoms with Crippen LogP contribution in [0, 0.1) is 13.8 Å². The Morgan fingerprint density at radius 3 is 2.69 bits per heavy atom. The summed E-state index contributed by atoms with van der Waals surface area (Å²) in [6.45, 7) is 6.79. The third-order valence-corrected chi connectivity index (χ3v) is 8.05. The van der Waals surface area contributed by atoms with Gasteiger partial charge < -0.3 is 10.6 Å². The molecule has 0 spiro atoms. The fraction of sp³-hybridized carbons (Fsp3) is 0.632. The van der Waals surface area contributed by atoms with Crippen molar-refractivity contribution in [3.8, 4) is 0 Å². The highest BCUT2D eigenvalue weighted by atomic mass is 32.2. The van der Waals surface area contributed by atoms with Crippen molar-refractivity contribution in [1.82, 2.24) is 10.6 Å². The van der Waals surface area contributed by atoms with Gasteiger partial charge in [0.25, 0.3) is 0 Å². The standard InChI is InChI=1S/C19H31N3O2S2/c1-5-16(22-19(20-4)21-12-17-7-6-10-25-17)13-26(23,24)18-9-8-14(2)15(3)11-18/h8-9,11,16-17H,5-7,10,12-13H2,1-4H3,(H2,20,21,22). The number of thioether (sulfide) groups is 1. The van der Waals surface area contributed by atoms with Gasteiger partial charge in [0, 0.05) is 24.9 Å². The number of rotatable bonds is 7. The zero-order valence-electron chi connectivity index (χ0n) is 16.2. The molecule has 2 atom stereocenters. The molecule has 1 aliphatic heterocycles. The average Bonchev–Trinajstić information content (AvgIpc) is 3.13. The molecule has 146 valence electrons. The van der Waals surface area contributed by atoms with Crippen molar-refractivity contribution in [3.63, 3.8) is 0 Å². The highest BCUT2D eigenvalue weighted by molar-refractivity contribution is 8.00. The first-order valence-corrected chi connectivity index (χ1v) is 11.9. The maximum atomic E-state index is 12.8. The van der Waals surface area contributed by atoms with Crippen molar-refractivity contribution in [2.45, 2.75) is 56.2 Å². The van der Waals surface area contributed by atoms with E-state index in [2.05, 4.69) is 15.6 Å². The molecule has 2 N–H and O–H groups in total. The number of hydrogen-bond donors (Lipinski definition) is 2. The summed E-state index contributed by atoms with van der Waals surface area (Å²) in [5, 5.41) is 7.24. The molecule has 0 aromatic heterocycles. The van der Waals surface area contributed by atoms with Crippen LogP contribution in [0.25, 0.3) is 0 Å². The van der Waals surface area contributed by atoms with Gasteiger partial charge in [-0.1, -0.05) is 13.0 Å². The zero-order valence-corrected chi connectivity index (χ0v) is 17.8. The second-order valence-electron chi connectivity index (χ2n) is 6.87. The largest absolute Gasteiger partial charge is 0.355 e. The zero-order chi connectivity index (χ0) is 19.2. The molecule has 0 saturated carbocycles. The Bertz CT molecular complexity index is 726. The lowest BCUT2D eigenvalue weighted by Gasteiger charge is -2.21. The first-order valence-electron chi connectivity index (χ1n) is 9.24. The van der Waals surface area contributed by atoms with Gasteiger partial charge in [-0.15, -0.1) is 0 Å². The number of nitrogens with one attached hydrogen (secondary N) is 2. The average molecular weight is 398 g/mol. The number of benzene rings is 1. The fourth-order valence-corrected chi connectivity index (χ4v) is 5.81. The van der Waals surface area contributed by atoms with E-state index in [1.807, 2.05) is 38.6 Å². The molecule has 2 unspecified atom stereocenters. The molecule has 1 heterocycles. The van der Waals surface area contributed by atoms with Crippen molar-refractivity contribution in [1.29, 1.82) is 0 Å². The lowest BCUT2D eigenvalue weighted by Crippen LogP contribution is -2.47. The van der Waals surface area contributed by atoms with Crippen molar-refractivity contribution in [2.75, 3.05) is 25.1 Å². The van der Waals surface area contributed by atoms with E-state index in [4.69, 9.17) is 0 Å². The predicted octanol–water partition coefficient (Wildman–Crippen LogP) is 2.92. The quantitative estimate of drug-likeness (QED) is 0.547. The van der Waals surface area contributed by atoms with Crippen LogP contribution in [0.4, 0.5) is 0 Å². The first-order chi connectivity index (χ1) is 12.4. The summed E-state index contributed by atoms with van der Waals surface area (Å²) < 4.78 is 25.6. The molecule has 1 aliphatic rings. The monoisotopic (exact) mass is 397 g/mol. The molecule has 2 rings (SSSR count). The van der Waals surface area contributed by atoms with Gasteiger partial charge in [-0.3, -0.25) is 4.99 Å². The van der Waals surface area contributed by atoms with E-state index < -0.39 is 9.84 Å². The third kappa shape index (κ3) is 5.91. The van der Waals surface area contributed by atoms with Gasteiger partial charge in [0.1, 0.15) is 0 Å². The summed E-state index contributed by atoms with van der Waals surface area (Å²) in [6.07, 6.45) is 3.21. The molecular formula is C19H31N3O2S2. The van der Waals surface area contributed by atoms with Gasteiger partial charge in [-0.05, 0) is 62.1 Å². The van der Waals surface area contributed by atoms with Crippen LogP contribution >= 0.6 is 11.8 Å². The SMILES string of the molecule is CCC(CS(=O)(=O)c1ccc(C)c(C)c1)NC(=NC)NCC1CCCS1. The molecule has 7 heteroatoms. The van der Waals surface area contributed by atoms with Crippen molar-refractivity contribution >= 4 is 27.6 Å². The minimum absolute atomic E-state index is 0.0604. The molecule has 0 amide bonds. The summed E-state index contributed by atoms with van der Waals surface area (Å²) >= 11 is 1.99. The maximum Gasteiger partial charge on any atom is 0.191 e. The second-order valence-corrected chi connectivity index (χ2v) is 10.3. The van der Waals surface area contributed by atoms with Crippen LogP contribution in [-0.4, -0.2) is 50.8 Å². The number of hydrogen-bond acceptors (Lipinski definition) is 4. The third-order valence-electron chi connectivity index (χ3n) is 4.84. The van der Waals surface area contributed by atoms with Crippen LogP contribution < -0.4 is 10.6 Å². The van der Waals surface area contributed by atoms with Gasteiger partial charge >= 0.3 is 0 Å². The van der Waals surface area contributed by atoms with E-state index in [9.17, 15) is 8.42 Å². The van der Waals surface area contributed by atoms with E-state index in [1.54, 1.807) is 19.2 Å². The van der Waals surface area contributed by atoms with Gasteiger partial charge in [0.05, 0.1) is 10.6 Å². The molecule has 0 radical (unpaired) electrons. The first kappa shape index (κ1) is 21.1. The molecule has 1 aromatic rings. The van der Waals surface area contributed by atoms with E-state index in [0.717, 1.165) is 17.7 Å². The van der Waals surface area contributed by atoms with Crippen LogP contribution in [0.3, 0.4) is 0 Å². The smallest absolute Gasteiger partial charge is 0.191 e. The summed E-state index contributed by atoms with van der Waals surface area (Å²) in [5.74, 6) is 1.97. The van der Waals surface area contributed by atoms with Crippen LogP contribution in [0.15, 0.2) is 28.1 Å². The van der Waals surface area contributed by atoms with Gasteiger partial charge in [-0.2, -0.15) is 11.8 Å². The van der Waals surface area contributed by atoms with Crippen molar-refractivity contribution in [3.05, 3.63) is 29.3 Å². The minimum atomic E-state index is -3.34. The molecule has 26 heavy (non-hydrogen) atoms. The molecule has 1 aromatic carbocycles. The molecule has 1 fully saturated rings. The lowest BCUT2D eigenvalue weighted by molar-refractivity contribution is 0.568. The summed E-state index contributed by atoms with van der Waals surface area (Å²) in [7, 11) is -1.62. The molecule has 1 saturated heterocycles. The Hall–Kier alpha value is -1.21. The van der Waals surface area contributed by atoms with Crippen LogP contribution in [0.1, 0.15) is 37.3 Å². The van der Waals surface area contributed by atoms with Crippen LogP contribution in [0.2, 0.25) is 0 Å². The highest BCUT2D eigenvalue weighted by Gasteiger charge is 2.22. The van der Waals surface area contributed by atoms with Gasteiger partial charge in [0.2, 0.25) is 0 Å². The second kappa shape index (κ2) is 9.65. The van der Waals surface area contributed by atoms with E-state index in [-0.39, 0.29) is 11.8 Å². The minimum Gasteiger partial charge on any atom is -0.355 e. The van der Waals surface area contributed by atoms with Crippen molar-refractivity contribution in [2.24, 2.45) is 4.99 Å². The Labute approximate surface area is 162 Å². The van der Waals surface area contributed by atoms with E-state index >= 15 is 0 Å². The fourth-order valence-electron chi connectivity index (χ4n) is 2.93. The van der Waals surface area contributed by atoms with Crippen molar-refractivity contribution < 1.29 is 8.42 Å². The number of guanidine groups is 1. The number of aryl methyl sites for hydroxylation is 2. The molecule has 5 nitrogen and oxygen atoms in total. The Morgan fingerprint density at radius 1 is 1.35 bits per heavy atom. The predicted molar refractivity (Wildman–Crippen MR) is 112 cm³/mol. The molecule has 0 bridgehead atoms.